The molecule has 2 aliphatic carbocycles. The van der Waals surface area contributed by atoms with Crippen molar-refractivity contribution < 1.29 is 0 Å². The summed E-state index contributed by atoms with van der Waals surface area (Å²) in [6, 6.07) is 0. The second-order valence-electron chi connectivity index (χ2n) is 6.55. The number of rotatable bonds is 2. The zero-order valence-electron chi connectivity index (χ0n) is 13.6. The molecular weight excluding hydrogens is 308 g/mol. The molecule has 2 aromatic rings. The Hall–Kier alpha value is -2.64. The number of H-pyrrole nitrogens is 2. The summed E-state index contributed by atoms with van der Waals surface area (Å²) in [6.45, 7) is 2.14. The predicted octanol–water partition coefficient (Wildman–Crippen LogP) is 1.10. The van der Waals surface area contributed by atoms with Gasteiger partial charge in [0.15, 0.2) is 0 Å². The fraction of sp³-hybridized carbons (Fsp3) is 0.500. The summed E-state index contributed by atoms with van der Waals surface area (Å²) in [7, 11) is 0. The molecular formula is C16H22N6O2. The lowest BCUT2D eigenvalue weighted by Crippen LogP contribution is -2.20. The van der Waals surface area contributed by atoms with E-state index in [0.29, 0.717) is 17.8 Å². The second-order valence-corrected chi connectivity index (χ2v) is 6.55. The molecule has 8 heteroatoms. The van der Waals surface area contributed by atoms with Crippen LogP contribution in [0.1, 0.15) is 56.1 Å². The quantitative estimate of drug-likeness (QED) is 0.649. The van der Waals surface area contributed by atoms with Gasteiger partial charge in [-0.3, -0.25) is 9.59 Å². The van der Waals surface area contributed by atoms with Crippen molar-refractivity contribution in [1.29, 1.82) is 0 Å². The van der Waals surface area contributed by atoms with Crippen LogP contribution < -0.4 is 22.6 Å². The van der Waals surface area contributed by atoms with Gasteiger partial charge in [-0.25, -0.2) is 9.97 Å². The Morgan fingerprint density at radius 3 is 1.92 bits per heavy atom. The Morgan fingerprint density at radius 1 is 1.00 bits per heavy atom. The Kier molecular flexibility index (Phi) is 4.37. The monoisotopic (exact) mass is 330 g/mol. The lowest BCUT2D eigenvalue weighted by atomic mass is 9.85. The molecule has 0 aliphatic heterocycles. The minimum atomic E-state index is -0.223. The molecule has 2 saturated carbocycles. The summed E-state index contributed by atoms with van der Waals surface area (Å²) in [6.07, 6.45) is 7.48. The molecule has 8 nitrogen and oxygen atoms in total. The molecule has 6 N–H and O–H groups in total. The van der Waals surface area contributed by atoms with Crippen molar-refractivity contribution in [2.24, 2.45) is 5.92 Å². The van der Waals surface area contributed by atoms with Gasteiger partial charge in [-0.2, -0.15) is 0 Å². The van der Waals surface area contributed by atoms with E-state index in [2.05, 4.69) is 26.9 Å². The van der Waals surface area contributed by atoms with Gasteiger partial charge in [0.2, 0.25) is 0 Å². The predicted molar refractivity (Wildman–Crippen MR) is 91.7 cm³/mol. The highest BCUT2D eigenvalue weighted by Gasteiger charge is 2.36. The molecule has 0 saturated heterocycles. The van der Waals surface area contributed by atoms with Crippen molar-refractivity contribution in [2.75, 3.05) is 11.5 Å². The lowest BCUT2D eigenvalue weighted by molar-refractivity contribution is 0.400. The zero-order valence-corrected chi connectivity index (χ0v) is 13.6. The van der Waals surface area contributed by atoms with Crippen LogP contribution in [0.5, 0.6) is 0 Å². The molecule has 2 heterocycles. The third kappa shape index (κ3) is 3.47. The van der Waals surface area contributed by atoms with Crippen molar-refractivity contribution in [3.05, 3.63) is 44.8 Å². The van der Waals surface area contributed by atoms with Crippen molar-refractivity contribution in [2.45, 2.75) is 44.4 Å². The maximum atomic E-state index is 11.1. The number of nitrogens with zero attached hydrogens (tertiary/aromatic N) is 2. The van der Waals surface area contributed by atoms with E-state index in [1.54, 1.807) is 0 Å². The first-order valence-corrected chi connectivity index (χ1v) is 8.15. The smallest absolute Gasteiger partial charge is 0.274 e. The van der Waals surface area contributed by atoms with Gasteiger partial charge in [0.25, 0.3) is 11.1 Å². The van der Waals surface area contributed by atoms with Crippen molar-refractivity contribution in [3.63, 3.8) is 0 Å². The minimum absolute atomic E-state index is 0.187. The highest BCUT2D eigenvalue weighted by molar-refractivity contribution is 5.31. The molecule has 0 amide bonds. The van der Waals surface area contributed by atoms with E-state index >= 15 is 0 Å². The molecule has 2 unspecified atom stereocenters. The van der Waals surface area contributed by atoms with Crippen LogP contribution in [-0.2, 0) is 0 Å². The van der Waals surface area contributed by atoms with Crippen LogP contribution in [-0.4, -0.2) is 19.9 Å². The number of hydrogen-bond donors (Lipinski definition) is 4. The molecule has 2 fully saturated rings. The summed E-state index contributed by atoms with van der Waals surface area (Å²) in [5.74, 6) is 3.12. The van der Waals surface area contributed by atoms with E-state index in [0.717, 1.165) is 30.9 Å². The van der Waals surface area contributed by atoms with Crippen LogP contribution in [0.4, 0.5) is 11.4 Å². The Morgan fingerprint density at radius 2 is 1.50 bits per heavy atom. The van der Waals surface area contributed by atoms with E-state index in [9.17, 15) is 9.59 Å². The van der Waals surface area contributed by atoms with Crippen molar-refractivity contribution in [1.82, 2.24) is 19.9 Å². The van der Waals surface area contributed by atoms with Gasteiger partial charge in [-0.1, -0.05) is 13.3 Å². The van der Waals surface area contributed by atoms with Crippen LogP contribution in [0, 0.1) is 5.92 Å². The van der Waals surface area contributed by atoms with Gasteiger partial charge in [0.05, 0.1) is 12.4 Å². The average Bonchev–Trinajstić information content (AvgIpc) is 3.22. The van der Waals surface area contributed by atoms with Gasteiger partial charge in [0, 0.05) is 11.8 Å². The molecule has 0 bridgehead atoms. The zero-order chi connectivity index (χ0) is 17.3. The SMILES string of the molecule is CC1CC1c1ncc(N)c(=O)[nH]1.Nc1cnc(C2CCC2)[nH]c1=O. The van der Waals surface area contributed by atoms with Gasteiger partial charge in [0.1, 0.15) is 23.0 Å². The highest BCUT2D eigenvalue weighted by atomic mass is 16.1. The van der Waals surface area contributed by atoms with E-state index in [-0.39, 0.29) is 22.5 Å². The van der Waals surface area contributed by atoms with Gasteiger partial charge in [-0.05, 0) is 25.2 Å². The Labute approximate surface area is 138 Å². The van der Waals surface area contributed by atoms with Crippen LogP contribution in [0.3, 0.4) is 0 Å². The molecule has 0 aromatic carbocycles. The number of anilines is 2. The largest absolute Gasteiger partial charge is 0.393 e. The number of nitrogens with two attached hydrogens (primary N) is 2. The third-order valence-electron chi connectivity index (χ3n) is 4.65. The number of aromatic amines is 2. The van der Waals surface area contributed by atoms with E-state index in [1.807, 2.05) is 0 Å². The maximum absolute atomic E-state index is 11.1. The van der Waals surface area contributed by atoms with Crippen LogP contribution >= 0.6 is 0 Å². The highest BCUT2D eigenvalue weighted by Crippen LogP contribution is 2.44. The lowest BCUT2D eigenvalue weighted by Gasteiger charge is -2.23. The second kappa shape index (κ2) is 6.46. The number of nitrogens with one attached hydrogen (secondary N) is 2. The van der Waals surface area contributed by atoms with Crippen molar-refractivity contribution in [3.8, 4) is 0 Å². The van der Waals surface area contributed by atoms with Crippen LogP contribution in [0.15, 0.2) is 22.0 Å². The van der Waals surface area contributed by atoms with Gasteiger partial charge < -0.3 is 21.4 Å². The first kappa shape index (κ1) is 16.2. The number of aromatic nitrogens is 4. The minimum Gasteiger partial charge on any atom is -0.393 e. The summed E-state index contributed by atoms with van der Waals surface area (Å²) < 4.78 is 0. The summed E-state index contributed by atoms with van der Waals surface area (Å²) in [5.41, 5.74) is 10.6. The van der Waals surface area contributed by atoms with E-state index in [4.69, 9.17) is 11.5 Å². The standard InChI is InChI=1S/2C8H11N3O/c1-4-2-5(4)7-10-3-6(9)8(12)11-7;9-6-4-10-7(11-8(6)12)5-2-1-3-5/h3-5H,2,9H2,1H3,(H,10,11,12);4-5H,1-3,9H2,(H,10,11,12). The number of nitrogen functional groups attached to an aromatic ring is 2. The summed E-state index contributed by atoms with van der Waals surface area (Å²) in [4.78, 5) is 35.6. The third-order valence-corrected chi connectivity index (χ3v) is 4.65. The average molecular weight is 330 g/mol. The maximum Gasteiger partial charge on any atom is 0.274 e. The molecule has 4 rings (SSSR count). The Balaban J connectivity index is 0.000000141. The number of hydrogen-bond acceptors (Lipinski definition) is 6. The molecule has 128 valence electrons. The fourth-order valence-electron chi connectivity index (χ4n) is 2.62. The topological polar surface area (TPSA) is 144 Å². The molecule has 0 spiro atoms. The van der Waals surface area contributed by atoms with Gasteiger partial charge in [-0.15, -0.1) is 0 Å². The first-order chi connectivity index (χ1) is 11.5. The normalized spacial score (nSPS) is 22.2. The summed E-state index contributed by atoms with van der Waals surface area (Å²) >= 11 is 0. The van der Waals surface area contributed by atoms with Crippen LogP contribution in [0.25, 0.3) is 0 Å². The van der Waals surface area contributed by atoms with Crippen molar-refractivity contribution >= 4 is 11.4 Å². The molecule has 2 aliphatic rings. The summed E-state index contributed by atoms with van der Waals surface area (Å²) in [5, 5.41) is 0. The van der Waals surface area contributed by atoms with E-state index < -0.39 is 0 Å². The molecule has 2 atom stereocenters. The Bertz CT molecular complexity index is 779. The van der Waals surface area contributed by atoms with E-state index in [1.165, 1.54) is 18.8 Å². The molecule has 0 radical (unpaired) electrons. The molecule has 2 aromatic heterocycles. The fourth-order valence-corrected chi connectivity index (χ4v) is 2.62. The van der Waals surface area contributed by atoms with Gasteiger partial charge >= 0.3 is 0 Å². The first-order valence-electron chi connectivity index (χ1n) is 8.15. The van der Waals surface area contributed by atoms with Crippen LogP contribution in [0.2, 0.25) is 0 Å². The molecule has 24 heavy (non-hydrogen) atoms.